The second-order valence-electron chi connectivity index (χ2n) is 4.66. The van der Waals surface area contributed by atoms with Crippen LogP contribution < -0.4 is 4.74 Å². The molecule has 0 aliphatic carbocycles. The second kappa shape index (κ2) is 8.18. The van der Waals surface area contributed by atoms with Gasteiger partial charge < -0.3 is 9.47 Å². The molecule has 1 aromatic carbocycles. The Morgan fingerprint density at radius 1 is 1.22 bits per heavy atom. The van der Waals surface area contributed by atoms with E-state index in [0.29, 0.717) is 19.1 Å². The van der Waals surface area contributed by atoms with E-state index in [9.17, 15) is 0 Å². The minimum Gasteiger partial charge on any atom is -0.491 e. The van der Waals surface area contributed by atoms with Crippen LogP contribution in [0.4, 0.5) is 0 Å². The monoisotopic (exact) mass is 378 g/mol. The fraction of sp³-hybridized carbons (Fsp3) is 0.571. The number of hydrogen-bond acceptors (Lipinski definition) is 2. The van der Waals surface area contributed by atoms with Gasteiger partial charge in [0.05, 0.1) is 6.61 Å². The lowest BCUT2D eigenvalue weighted by Gasteiger charge is -2.14. The predicted molar refractivity (Wildman–Crippen MR) is 82.7 cm³/mol. The lowest BCUT2D eigenvalue weighted by molar-refractivity contribution is 0.0815. The third-order valence-corrected chi connectivity index (χ3v) is 3.45. The van der Waals surface area contributed by atoms with Crippen LogP contribution in [0.2, 0.25) is 0 Å². The maximum absolute atomic E-state index is 5.82. The number of aryl methyl sites for hydroxylation is 1. The van der Waals surface area contributed by atoms with E-state index in [1.807, 2.05) is 0 Å². The van der Waals surface area contributed by atoms with Crippen LogP contribution in [0.3, 0.4) is 0 Å². The van der Waals surface area contributed by atoms with Crippen LogP contribution in [-0.4, -0.2) is 19.8 Å². The highest BCUT2D eigenvalue weighted by Crippen LogP contribution is 2.29. The number of benzene rings is 1. The maximum Gasteiger partial charge on any atom is 0.126 e. The highest BCUT2D eigenvalue weighted by Gasteiger charge is 2.08. The third kappa shape index (κ3) is 5.29. The summed E-state index contributed by atoms with van der Waals surface area (Å²) in [4.78, 5) is 0. The van der Waals surface area contributed by atoms with E-state index in [1.54, 1.807) is 0 Å². The van der Waals surface area contributed by atoms with E-state index in [0.717, 1.165) is 33.3 Å². The summed E-state index contributed by atoms with van der Waals surface area (Å²) < 4.78 is 12.4. The largest absolute Gasteiger partial charge is 0.491 e. The Bertz CT molecular complexity index is 378. The fourth-order valence-electron chi connectivity index (χ4n) is 1.63. The molecule has 0 spiro atoms. The Morgan fingerprint density at radius 3 is 2.56 bits per heavy atom. The molecular formula is C14H20Br2O2. The Morgan fingerprint density at radius 2 is 1.94 bits per heavy atom. The molecule has 0 aliphatic rings. The summed E-state index contributed by atoms with van der Waals surface area (Å²) >= 11 is 6.98. The molecule has 1 rings (SSSR count). The topological polar surface area (TPSA) is 18.5 Å². The maximum atomic E-state index is 5.82. The molecule has 0 aromatic heterocycles. The lowest BCUT2D eigenvalue weighted by Crippen LogP contribution is -2.11. The van der Waals surface area contributed by atoms with Gasteiger partial charge in [0.1, 0.15) is 12.4 Å². The van der Waals surface area contributed by atoms with Crippen LogP contribution >= 0.6 is 31.9 Å². The summed E-state index contributed by atoms with van der Waals surface area (Å²) in [6.45, 7) is 8.35. The van der Waals surface area contributed by atoms with Crippen molar-refractivity contribution in [2.45, 2.75) is 26.1 Å². The Kier molecular flexibility index (Phi) is 7.27. The van der Waals surface area contributed by atoms with E-state index in [2.05, 4.69) is 64.8 Å². The molecule has 2 nitrogen and oxygen atoms in total. The molecule has 0 N–H and O–H groups in total. The van der Waals surface area contributed by atoms with E-state index in [4.69, 9.17) is 9.47 Å². The summed E-state index contributed by atoms with van der Waals surface area (Å²) in [5.74, 6) is 1.53. The van der Waals surface area contributed by atoms with Crippen LogP contribution in [0, 0.1) is 12.8 Å². The molecule has 0 unspecified atom stereocenters. The number of hydrogen-bond donors (Lipinski definition) is 0. The molecule has 1 aromatic rings. The molecule has 0 aliphatic heterocycles. The zero-order valence-corrected chi connectivity index (χ0v) is 14.3. The SMILES string of the molecule is Cc1cc(Br)cc(CBr)c1OCCOCC(C)C. The van der Waals surface area contributed by atoms with E-state index in [-0.39, 0.29) is 0 Å². The first-order valence-corrected chi connectivity index (χ1v) is 8.01. The molecule has 0 amide bonds. The zero-order valence-electron chi connectivity index (χ0n) is 11.1. The first-order chi connectivity index (χ1) is 8.54. The fourth-order valence-corrected chi connectivity index (χ4v) is 2.66. The molecule has 0 radical (unpaired) electrons. The highest BCUT2D eigenvalue weighted by molar-refractivity contribution is 9.10. The van der Waals surface area contributed by atoms with Crippen molar-refractivity contribution < 1.29 is 9.47 Å². The van der Waals surface area contributed by atoms with Crippen molar-refractivity contribution in [3.63, 3.8) is 0 Å². The quantitative estimate of drug-likeness (QED) is 0.504. The molecule has 0 atom stereocenters. The summed E-state index contributed by atoms with van der Waals surface area (Å²) in [5, 5.41) is 0.787. The van der Waals surface area contributed by atoms with Gasteiger partial charge in [0, 0.05) is 22.0 Å². The van der Waals surface area contributed by atoms with Gasteiger partial charge in [0.2, 0.25) is 0 Å². The molecule has 18 heavy (non-hydrogen) atoms. The van der Waals surface area contributed by atoms with Gasteiger partial charge in [-0.05, 0) is 30.5 Å². The van der Waals surface area contributed by atoms with Gasteiger partial charge in [0.25, 0.3) is 0 Å². The van der Waals surface area contributed by atoms with Gasteiger partial charge in [-0.2, -0.15) is 0 Å². The van der Waals surface area contributed by atoms with Gasteiger partial charge in [-0.3, -0.25) is 0 Å². The minimum absolute atomic E-state index is 0.567. The van der Waals surface area contributed by atoms with Crippen LogP contribution in [-0.2, 0) is 10.1 Å². The highest BCUT2D eigenvalue weighted by atomic mass is 79.9. The number of alkyl halides is 1. The summed E-state index contributed by atoms with van der Waals surface area (Å²) in [7, 11) is 0. The Labute approximate surface area is 126 Å². The molecule has 102 valence electrons. The Hall–Kier alpha value is -0.0600. The van der Waals surface area contributed by atoms with Gasteiger partial charge in [-0.1, -0.05) is 45.7 Å². The molecule has 0 fully saturated rings. The van der Waals surface area contributed by atoms with Crippen LogP contribution in [0.25, 0.3) is 0 Å². The average Bonchev–Trinajstić information content (AvgIpc) is 2.30. The third-order valence-electron chi connectivity index (χ3n) is 2.39. The molecule has 4 heteroatoms. The van der Waals surface area contributed by atoms with E-state index >= 15 is 0 Å². The normalized spacial score (nSPS) is 11.0. The second-order valence-corrected chi connectivity index (χ2v) is 6.14. The van der Waals surface area contributed by atoms with E-state index < -0.39 is 0 Å². The van der Waals surface area contributed by atoms with Crippen molar-refractivity contribution in [2.75, 3.05) is 19.8 Å². The predicted octanol–water partition coefficient (Wildman–Crippen LogP) is 4.70. The van der Waals surface area contributed by atoms with Crippen LogP contribution in [0.5, 0.6) is 5.75 Å². The zero-order chi connectivity index (χ0) is 13.5. The minimum atomic E-state index is 0.567. The van der Waals surface area contributed by atoms with Crippen molar-refractivity contribution in [1.29, 1.82) is 0 Å². The summed E-state index contributed by atoms with van der Waals surface area (Å²) in [6.07, 6.45) is 0. The first kappa shape index (κ1) is 16.0. The van der Waals surface area contributed by atoms with Crippen LogP contribution in [0.15, 0.2) is 16.6 Å². The molecule has 0 saturated heterocycles. The smallest absolute Gasteiger partial charge is 0.126 e. The number of rotatable bonds is 7. The number of ether oxygens (including phenoxy) is 2. The van der Waals surface area contributed by atoms with Crippen molar-refractivity contribution in [3.8, 4) is 5.75 Å². The molecule has 0 saturated carbocycles. The van der Waals surface area contributed by atoms with E-state index in [1.165, 1.54) is 0 Å². The van der Waals surface area contributed by atoms with Gasteiger partial charge in [0.15, 0.2) is 0 Å². The van der Waals surface area contributed by atoms with Crippen molar-refractivity contribution in [2.24, 2.45) is 5.92 Å². The van der Waals surface area contributed by atoms with Gasteiger partial charge in [-0.25, -0.2) is 0 Å². The standard InChI is InChI=1S/C14H20Br2O2/c1-10(2)9-17-4-5-18-14-11(3)6-13(16)7-12(14)8-15/h6-7,10H,4-5,8-9H2,1-3H3. The van der Waals surface area contributed by atoms with Gasteiger partial charge >= 0.3 is 0 Å². The van der Waals surface area contributed by atoms with Crippen molar-refractivity contribution >= 4 is 31.9 Å². The van der Waals surface area contributed by atoms with Crippen molar-refractivity contribution in [1.82, 2.24) is 0 Å². The first-order valence-electron chi connectivity index (χ1n) is 6.10. The van der Waals surface area contributed by atoms with Gasteiger partial charge in [-0.15, -0.1) is 0 Å². The number of halogens is 2. The lowest BCUT2D eigenvalue weighted by atomic mass is 10.1. The summed E-state index contributed by atoms with van der Waals surface area (Å²) in [5.41, 5.74) is 2.30. The molecule has 0 bridgehead atoms. The van der Waals surface area contributed by atoms with Crippen LogP contribution in [0.1, 0.15) is 25.0 Å². The Balaban J connectivity index is 2.51. The summed E-state index contributed by atoms with van der Waals surface area (Å²) in [6, 6.07) is 4.14. The van der Waals surface area contributed by atoms with Crippen molar-refractivity contribution in [3.05, 3.63) is 27.7 Å². The average molecular weight is 380 g/mol. The molecule has 0 heterocycles. The molecular weight excluding hydrogens is 360 g/mol.